The van der Waals surface area contributed by atoms with Gasteiger partial charge in [-0.15, -0.1) is 0 Å². The third-order valence-electron chi connectivity index (χ3n) is 3.98. The van der Waals surface area contributed by atoms with E-state index in [4.69, 9.17) is 0 Å². The van der Waals surface area contributed by atoms with Crippen LogP contribution in [0.4, 0.5) is 11.4 Å². The van der Waals surface area contributed by atoms with E-state index in [1.54, 1.807) is 11.8 Å². The molecule has 1 heterocycles. The average Bonchev–Trinajstić information content (AvgIpc) is 2.83. The highest BCUT2D eigenvalue weighted by Gasteiger charge is 2.23. The third kappa shape index (κ3) is 2.84. The Kier molecular flexibility index (Phi) is 4.42. The molecule has 1 aliphatic heterocycles. The van der Waals surface area contributed by atoms with Crippen molar-refractivity contribution in [3.05, 3.63) is 23.8 Å². The molecule has 2 rings (SSSR count). The molecule has 1 aliphatic rings. The van der Waals surface area contributed by atoms with Crippen molar-refractivity contribution in [2.75, 3.05) is 16.8 Å². The number of carbonyl (C=O) groups is 2. The Morgan fingerprint density at radius 2 is 2.00 bits per heavy atom. The van der Waals surface area contributed by atoms with Gasteiger partial charge in [-0.25, -0.2) is 0 Å². The number of benzene rings is 1. The summed E-state index contributed by atoms with van der Waals surface area (Å²) >= 11 is 0. The molecule has 0 saturated carbocycles. The normalized spacial score (nSPS) is 13.5. The summed E-state index contributed by atoms with van der Waals surface area (Å²) in [5.41, 5.74) is 2.87. The van der Waals surface area contributed by atoms with Crippen molar-refractivity contribution in [1.29, 1.82) is 0 Å². The summed E-state index contributed by atoms with van der Waals surface area (Å²) in [6.07, 6.45) is 2.56. The van der Waals surface area contributed by atoms with Gasteiger partial charge in [0, 0.05) is 30.8 Å². The van der Waals surface area contributed by atoms with Gasteiger partial charge in [-0.2, -0.15) is 0 Å². The van der Waals surface area contributed by atoms with Crippen LogP contribution in [-0.4, -0.2) is 18.4 Å². The zero-order chi connectivity index (χ0) is 14.7. The summed E-state index contributed by atoms with van der Waals surface area (Å²) in [6.45, 7) is 6.35. The summed E-state index contributed by atoms with van der Waals surface area (Å²) in [6, 6.07) is 5.83. The molecule has 1 aromatic carbocycles. The van der Waals surface area contributed by atoms with Gasteiger partial charge in [0.25, 0.3) is 0 Å². The molecule has 0 saturated heterocycles. The van der Waals surface area contributed by atoms with E-state index in [0.29, 0.717) is 0 Å². The zero-order valence-electron chi connectivity index (χ0n) is 12.4. The van der Waals surface area contributed by atoms with Crippen LogP contribution >= 0.6 is 0 Å². The van der Waals surface area contributed by atoms with Gasteiger partial charge in [0.15, 0.2) is 0 Å². The first-order chi connectivity index (χ1) is 9.56. The number of nitrogens with zero attached hydrogens (tertiary/aromatic N) is 1. The van der Waals surface area contributed by atoms with Crippen molar-refractivity contribution in [2.24, 2.45) is 5.92 Å². The lowest BCUT2D eigenvalue weighted by molar-refractivity contribution is -0.120. The van der Waals surface area contributed by atoms with Crippen LogP contribution in [0.2, 0.25) is 0 Å². The number of carbonyl (C=O) groups excluding carboxylic acids is 2. The molecule has 0 fully saturated rings. The standard InChI is InChI=1S/C16H22N2O2/c1-4-12(5-2)16(20)17-14-7-6-13-8-9-18(11(3)19)15(13)10-14/h6-7,10,12H,4-5,8-9H2,1-3H3,(H,17,20). The van der Waals surface area contributed by atoms with Crippen molar-refractivity contribution >= 4 is 23.2 Å². The molecule has 0 aromatic heterocycles. The van der Waals surface area contributed by atoms with E-state index in [1.807, 2.05) is 32.0 Å². The highest BCUT2D eigenvalue weighted by Crippen LogP contribution is 2.31. The topological polar surface area (TPSA) is 49.4 Å². The molecule has 20 heavy (non-hydrogen) atoms. The summed E-state index contributed by atoms with van der Waals surface area (Å²) in [5, 5.41) is 2.96. The minimum Gasteiger partial charge on any atom is -0.326 e. The minimum absolute atomic E-state index is 0.0483. The molecule has 4 nitrogen and oxygen atoms in total. The quantitative estimate of drug-likeness (QED) is 0.917. The molecule has 1 aromatic rings. The summed E-state index contributed by atoms with van der Waals surface area (Å²) in [5.74, 6) is 0.154. The Labute approximate surface area is 120 Å². The number of amides is 2. The molecule has 0 atom stereocenters. The van der Waals surface area contributed by atoms with E-state index in [-0.39, 0.29) is 17.7 Å². The van der Waals surface area contributed by atoms with E-state index >= 15 is 0 Å². The van der Waals surface area contributed by atoms with Crippen LogP contribution in [0.15, 0.2) is 18.2 Å². The third-order valence-corrected chi connectivity index (χ3v) is 3.98. The molecule has 108 valence electrons. The fourth-order valence-corrected chi connectivity index (χ4v) is 2.69. The van der Waals surface area contributed by atoms with E-state index in [2.05, 4.69) is 5.32 Å². The Bertz CT molecular complexity index is 521. The maximum atomic E-state index is 12.1. The predicted octanol–water partition coefficient (Wildman–Crippen LogP) is 2.97. The first-order valence-electron chi connectivity index (χ1n) is 7.28. The Morgan fingerprint density at radius 1 is 1.30 bits per heavy atom. The van der Waals surface area contributed by atoms with Gasteiger partial charge in [-0.05, 0) is 37.0 Å². The lowest BCUT2D eigenvalue weighted by Crippen LogP contribution is -2.26. The van der Waals surface area contributed by atoms with Gasteiger partial charge in [0.1, 0.15) is 0 Å². The van der Waals surface area contributed by atoms with E-state index in [9.17, 15) is 9.59 Å². The molecule has 4 heteroatoms. The Morgan fingerprint density at radius 3 is 2.60 bits per heavy atom. The number of fused-ring (bicyclic) bond motifs is 1. The van der Waals surface area contributed by atoms with Gasteiger partial charge in [-0.3, -0.25) is 9.59 Å². The second kappa shape index (κ2) is 6.07. The van der Waals surface area contributed by atoms with Crippen LogP contribution in [0.25, 0.3) is 0 Å². The Balaban J connectivity index is 2.17. The van der Waals surface area contributed by atoms with Crippen molar-refractivity contribution in [1.82, 2.24) is 0 Å². The van der Waals surface area contributed by atoms with Gasteiger partial charge < -0.3 is 10.2 Å². The SMILES string of the molecule is CCC(CC)C(=O)Nc1ccc2c(c1)N(C(C)=O)CC2. The van der Waals surface area contributed by atoms with Crippen molar-refractivity contribution < 1.29 is 9.59 Å². The average molecular weight is 274 g/mol. The molecule has 0 spiro atoms. The number of nitrogens with one attached hydrogen (secondary N) is 1. The highest BCUT2D eigenvalue weighted by atomic mass is 16.2. The van der Waals surface area contributed by atoms with Crippen LogP contribution in [0.1, 0.15) is 39.2 Å². The summed E-state index contributed by atoms with van der Waals surface area (Å²) in [4.78, 5) is 25.4. The minimum atomic E-state index is 0.0483. The van der Waals surface area contributed by atoms with Crippen molar-refractivity contribution in [2.45, 2.75) is 40.0 Å². The molecule has 0 aliphatic carbocycles. The van der Waals surface area contributed by atoms with Crippen LogP contribution < -0.4 is 10.2 Å². The zero-order valence-corrected chi connectivity index (χ0v) is 12.4. The first-order valence-corrected chi connectivity index (χ1v) is 7.28. The fourth-order valence-electron chi connectivity index (χ4n) is 2.69. The van der Waals surface area contributed by atoms with Crippen LogP contribution in [0.3, 0.4) is 0 Å². The number of hydrogen-bond acceptors (Lipinski definition) is 2. The van der Waals surface area contributed by atoms with Crippen molar-refractivity contribution in [3.63, 3.8) is 0 Å². The van der Waals surface area contributed by atoms with E-state index in [0.717, 1.165) is 37.2 Å². The molecule has 0 bridgehead atoms. The maximum absolute atomic E-state index is 12.1. The number of rotatable bonds is 4. The number of anilines is 2. The van der Waals surface area contributed by atoms with Crippen LogP contribution in [0.5, 0.6) is 0 Å². The highest BCUT2D eigenvalue weighted by molar-refractivity contribution is 5.97. The second-order valence-corrected chi connectivity index (χ2v) is 5.27. The summed E-state index contributed by atoms with van der Waals surface area (Å²) < 4.78 is 0. The molecule has 0 unspecified atom stereocenters. The van der Waals surface area contributed by atoms with Gasteiger partial charge in [0.05, 0.1) is 0 Å². The van der Waals surface area contributed by atoms with Gasteiger partial charge in [-0.1, -0.05) is 19.9 Å². The predicted molar refractivity (Wildman–Crippen MR) is 80.9 cm³/mol. The molecule has 0 radical (unpaired) electrons. The van der Waals surface area contributed by atoms with E-state index < -0.39 is 0 Å². The van der Waals surface area contributed by atoms with Crippen LogP contribution in [-0.2, 0) is 16.0 Å². The molecule has 2 amide bonds. The lowest BCUT2D eigenvalue weighted by atomic mass is 10.0. The van der Waals surface area contributed by atoms with Gasteiger partial charge in [0.2, 0.25) is 11.8 Å². The second-order valence-electron chi connectivity index (χ2n) is 5.27. The lowest BCUT2D eigenvalue weighted by Gasteiger charge is -2.17. The number of hydrogen-bond donors (Lipinski definition) is 1. The molecular weight excluding hydrogens is 252 g/mol. The summed E-state index contributed by atoms with van der Waals surface area (Å²) in [7, 11) is 0. The molecule has 1 N–H and O–H groups in total. The maximum Gasteiger partial charge on any atom is 0.227 e. The van der Waals surface area contributed by atoms with Crippen molar-refractivity contribution in [3.8, 4) is 0 Å². The van der Waals surface area contributed by atoms with Gasteiger partial charge >= 0.3 is 0 Å². The first kappa shape index (κ1) is 14.6. The van der Waals surface area contributed by atoms with Crippen LogP contribution in [0, 0.1) is 5.92 Å². The largest absolute Gasteiger partial charge is 0.326 e. The van der Waals surface area contributed by atoms with E-state index in [1.165, 1.54) is 5.56 Å². The smallest absolute Gasteiger partial charge is 0.227 e. The molecular formula is C16H22N2O2. The fraction of sp³-hybridized carbons (Fsp3) is 0.500. The Hall–Kier alpha value is -1.84. The monoisotopic (exact) mass is 274 g/mol.